The van der Waals surface area contributed by atoms with E-state index in [1.54, 1.807) is 6.07 Å². The van der Waals surface area contributed by atoms with E-state index >= 15 is 0 Å². The van der Waals surface area contributed by atoms with Gasteiger partial charge in [0.15, 0.2) is 0 Å². The molecule has 1 aliphatic heterocycles. The summed E-state index contributed by atoms with van der Waals surface area (Å²) >= 11 is 0. The Morgan fingerprint density at radius 3 is 2.82 bits per heavy atom. The maximum Gasteiger partial charge on any atom is 0.250 e. The normalized spacial score (nSPS) is 15.7. The van der Waals surface area contributed by atoms with Gasteiger partial charge in [-0.1, -0.05) is 6.07 Å². The number of hydrogen-bond donors (Lipinski definition) is 1. The highest BCUT2D eigenvalue weighted by atomic mass is 16.1. The molecule has 0 atom stereocenters. The van der Waals surface area contributed by atoms with Crippen LogP contribution in [0.15, 0.2) is 16.9 Å². The Morgan fingerprint density at radius 1 is 1.29 bits per heavy atom. The summed E-state index contributed by atoms with van der Waals surface area (Å²) in [4.78, 5) is 14.1. The number of fused-ring (bicyclic) bond motifs is 1. The first-order chi connectivity index (χ1) is 8.18. The number of nitrogens with one attached hydrogen (secondary N) is 1. The van der Waals surface area contributed by atoms with Crippen LogP contribution >= 0.6 is 0 Å². The topological polar surface area (TPSA) is 37.3 Å². The van der Waals surface area contributed by atoms with E-state index in [4.69, 9.17) is 0 Å². The number of rotatable bonds is 3. The molecule has 1 N–H and O–H groups in total. The SMILES string of the molecule is CN(C)CCn1c2c(ccc1=O)CCNCC2. The molecule has 4 nitrogen and oxygen atoms in total. The lowest BCUT2D eigenvalue weighted by Crippen LogP contribution is -2.29. The monoisotopic (exact) mass is 235 g/mol. The fourth-order valence-electron chi connectivity index (χ4n) is 2.29. The second-order valence-electron chi connectivity index (χ2n) is 4.85. The lowest BCUT2D eigenvalue weighted by atomic mass is 10.1. The third kappa shape index (κ3) is 2.96. The standard InChI is InChI=1S/C13H21N3O/c1-15(2)9-10-16-12-6-8-14-7-5-11(12)3-4-13(16)17/h3-4,14H,5-10H2,1-2H3. The van der Waals surface area contributed by atoms with Crippen molar-refractivity contribution in [2.75, 3.05) is 33.7 Å². The molecule has 2 heterocycles. The summed E-state index contributed by atoms with van der Waals surface area (Å²) in [6.45, 7) is 3.68. The summed E-state index contributed by atoms with van der Waals surface area (Å²) in [5, 5.41) is 3.38. The van der Waals surface area contributed by atoms with Gasteiger partial charge in [0.2, 0.25) is 0 Å². The Labute approximate surface area is 102 Å². The fraction of sp³-hybridized carbons (Fsp3) is 0.615. The Morgan fingerprint density at radius 2 is 2.06 bits per heavy atom. The van der Waals surface area contributed by atoms with Crippen molar-refractivity contribution in [2.24, 2.45) is 0 Å². The molecule has 0 bridgehead atoms. The van der Waals surface area contributed by atoms with Crippen LogP contribution < -0.4 is 10.9 Å². The molecular weight excluding hydrogens is 214 g/mol. The molecule has 94 valence electrons. The molecule has 0 spiro atoms. The van der Waals surface area contributed by atoms with Gasteiger partial charge in [-0.2, -0.15) is 0 Å². The van der Waals surface area contributed by atoms with E-state index in [0.717, 1.165) is 39.0 Å². The highest BCUT2D eigenvalue weighted by Gasteiger charge is 2.12. The van der Waals surface area contributed by atoms with Crippen LogP contribution in [0.4, 0.5) is 0 Å². The lowest BCUT2D eigenvalue weighted by Gasteiger charge is -2.17. The van der Waals surface area contributed by atoms with Gasteiger partial charge < -0.3 is 14.8 Å². The number of nitrogens with zero attached hydrogens (tertiary/aromatic N) is 2. The average Bonchev–Trinajstić information content (AvgIpc) is 2.52. The maximum absolute atomic E-state index is 11.9. The third-order valence-electron chi connectivity index (χ3n) is 3.27. The number of pyridine rings is 1. The molecule has 4 heteroatoms. The first-order valence-corrected chi connectivity index (χ1v) is 6.25. The Kier molecular flexibility index (Phi) is 3.97. The minimum atomic E-state index is 0.132. The van der Waals surface area contributed by atoms with E-state index in [9.17, 15) is 4.79 Å². The molecule has 0 amide bonds. The van der Waals surface area contributed by atoms with Crippen molar-refractivity contribution in [3.05, 3.63) is 33.7 Å². The predicted molar refractivity (Wildman–Crippen MR) is 69.5 cm³/mol. The van der Waals surface area contributed by atoms with Gasteiger partial charge in [0.05, 0.1) is 0 Å². The zero-order chi connectivity index (χ0) is 12.3. The second-order valence-corrected chi connectivity index (χ2v) is 4.85. The molecule has 0 saturated carbocycles. The molecule has 1 aromatic heterocycles. The average molecular weight is 235 g/mol. The summed E-state index contributed by atoms with van der Waals surface area (Å²) in [7, 11) is 4.07. The molecule has 0 radical (unpaired) electrons. The smallest absolute Gasteiger partial charge is 0.250 e. The van der Waals surface area contributed by atoms with Crippen LogP contribution in [-0.2, 0) is 19.4 Å². The van der Waals surface area contributed by atoms with Crippen molar-refractivity contribution in [3.63, 3.8) is 0 Å². The van der Waals surface area contributed by atoms with Crippen molar-refractivity contribution in [1.29, 1.82) is 0 Å². The van der Waals surface area contributed by atoms with E-state index in [-0.39, 0.29) is 5.56 Å². The Bertz CT molecular complexity index is 437. The van der Waals surface area contributed by atoms with Gasteiger partial charge in [-0.3, -0.25) is 4.79 Å². The summed E-state index contributed by atoms with van der Waals surface area (Å²) in [5.74, 6) is 0. The van der Waals surface area contributed by atoms with E-state index < -0.39 is 0 Å². The van der Waals surface area contributed by atoms with Crippen LogP contribution in [0.1, 0.15) is 11.3 Å². The molecule has 0 saturated heterocycles. The van der Waals surface area contributed by atoms with Crippen molar-refractivity contribution in [1.82, 2.24) is 14.8 Å². The van der Waals surface area contributed by atoms with Gasteiger partial charge in [-0.05, 0) is 32.6 Å². The molecule has 0 fully saturated rings. The molecule has 2 rings (SSSR count). The zero-order valence-electron chi connectivity index (χ0n) is 10.7. The summed E-state index contributed by atoms with van der Waals surface area (Å²) in [5.41, 5.74) is 2.69. The largest absolute Gasteiger partial charge is 0.316 e. The number of aromatic nitrogens is 1. The predicted octanol–water partition coefficient (Wildman–Crippen LogP) is 0.0981. The van der Waals surface area contributed by atoms with Crippen molar-refractivity contribution in [3.8, 4) is 0 Å². The molecule has 1 aromatic rings. The molecule has 0 unspecified atom stereocenters. The van der Waals surface area contributed by atoms with Crippen LogP contribution in [0.5, 0.6) is 0 Å². The van der Waals surface area contributed by atoms with Gasteiger partial charge in [0.25, 0.3) is 5.56 Å². The van der Waals surface area contributed by atoms with Gasteiger partial charge in [0, 0.05) is 37.8 Å². The lowest BCUT2D eigenvalue weighted by molar-refractivity contribution is 0.377. The quantitative estimate of drug-likeness (QED) is 0.807. The minimum Gasteiger partial charge on any atom is -0.316 e. The van der Waals surface area contributed by atoms with Crippen LogP contribution in [0, 0.1) is 0 Å². The highest BCUT2D eigenvalue weighted by molar-refractivity contribution is 5.23. The molecule has 17 heavy (non-hydrogen) atoms. The van der Waals surface area contributed by atoms with Crippen LogP contribution in [0.3, 0.4) is 0 Å². The van der Waals surface area contributed by atoms with Crippen LogP contribution in [0.2, 0.25) is 0 Å². The van der Waals surface area contributed by atoms with E-state index in [1.165, 1.54) is 11.3 Å². The maximum atomic E-state index is 11.9. The summed E-state index contributed by atoms with van der Waals surface area (Å²) < 4.78 is 1.95. The van der Waals surface area contributed by atoms with Gasteiger partial charge in [-0.15, -0.1) is 0 Å². The summed E-state index contributed by atoms with van der Waals surface area (Å²) in [6, 6.07) is 3.70. The fourth-order valence-corrected chi connectivity index (χ4v) is 2.29. The second kappa shape index (κ2) is 5.47. The molecule has 0 aromatic carbocycles. The van der Waals surface area contributed by atoms with E-state index in [1.807, 2.05) is 24.7 Å². The Hall–Kier alpha value is -1.13. The van der Waals surface area contributed by atoms with Crippen molar-refractivity contribution >= 4 is 0 Å². The number of likely N-dealkylation sites (N-methyl/N-ethyl adjacent to an activating group) is 1. The molecule has 1 aliphatic rings. The molecule has 0 aliphatic carbocycles. The zero-order valence-corrected chi connectivity index (χ0v) is 10.7. The Balaban J connectivity index is 2.31. The van der Waals surface area contributed by atoms with E-state index in [2.05, 4.69) is 10.2 Å². The minimum absolute atomic E-state index is 0.132. The molecular formula is C13H21N3O. The third-order valence-corrected chi connectivity index (χ3v) is 3.27. The van der Waals surface area contributed by atoms with Crippen LogP contribution in [-0.4, -0.2) is 43.2 Å². The highest BCUT2D eigenvalue weighted by Crippen LogP contribution is 2.10. The van der Waals surface area contributed by atoms with Crippen LogP contribution in [0.25, 0.3) is 0 Å². The van der Waals surface area contributed by atoms with E-state index in [0.29, 0.717) is 0 Å². The number of hydrogen-bond acceptors (Lipinski definition) is 3. The van der Waals surface area contributed by atoms with Crippen molar-refractivity contribution < 1.29 is 0 Å². The first kappa shape index (κ1) is 12.3. The van der Waals surface area contributed by atoms with Gasteiger partial charge in [-0.25, -0.2) is 0 Å². The van der Waals surface area contributed by atoms with Crippen molar-refractivity contribution in [2.45, 2.75) is 19.4 Å². The van der Waals surface area contributed by atoms with Gasteiger partial charge in [0.1, 0.15) is 0 Å². The first-order valence-electron chi connectivity index (χ1n) is 6.25. The summed E-state index contributed by atoms with van der Waals surface area (Å²) in [6.07, 6.45) is 1.98. The van der Waals surface area contributed by atoms with Gasteiger partial charge >= 0.3 is 0 Å².